The van der Waals surface area contributed by atoms with Gasteiger partial charge in [-0.2, -0.15) is 5.26 Å². The third kappa shape index (κ3) is 7.42. The molecule has 2 heterocycles. The summed E-state index contributed by atoms with van der Waals surface area (Å²) in [4.78, 5) is 17.2. The molecule has 1 aromatic heterocycles. The third-order valence-electron chi connectivity index (χ3n) is 6.48. The topological polar surface area (TPSA) is 74.6 Å². The first-order valence-corrected chi connectivity index (χ1v) is 13.3. The number of carbonyl (C=O) groups is 1. The number of ether oxygens (including phenoxy) is 2. The van der Waals surface area contributed by atoms with Crippen molar-refractivity contribution in [2.75, 3.05) is 40.0 Å². The van der Waals surface area contributed by atoms with Gasteiger partial charge in [0.15, 0.2) is 0 Å². The number of carbonyl (C=O) groups excluding carboxylic acids is 1. The molecule has 1 fully saturated rings. The van der Waals surface area contributed by atoms with Gasteiger partial charge in [-0.1, -0.05) is 24.8 Å². The maximum Gasteiger partial charge on any atom is 0.262 e. The predicted molar refractivity (Wildman–Crippen MR) is 152 cm³/mol. The van der Waals surface area contributed by atoms with Crippen molar-refractivity contribution in [2.24, 2.45) is 0 Å². The summed E-state index contributed by atoms with van der Waals surface area (Å²) >= 11 is 1.56. The van der Waals surface area contributed by atoms with Gasteiger partial charge in [-0.25, -0.2) is 0 Å². The molecule has 2 aromatic rings. The number of nitrogens with zero attached hydrogens (tertiary/aromatic N) is 2. The van der Waals surface area contributed by atoms with Gasteiger partial charge in [0.05, 0.1) is 13.2 Å². The number of amides is 1. The van der Waals surface area contributed by atoms with E-state index in [4.69, 9.17) is 9.47 Å². The van der Waals surface area contributed by atoms with Crippen LogP contribution >= 0.6 is 11.3 Å². The van der Waals surface area contributed by atoms with Crippen LogP contribution in [0.25, 0.3) is 28.7 Å². The lowest BCUT2D eigenvalue weighted by molar-refractivity contribution is -0.118. The van der Waals surface area contributed by atoms with E-state index in [0.29, 0.717) is 18.6 Å². The van der Waals surface area contributed by atoms with Crippen molar-refractivity contribution in [3.8, 4) is 16.5 Å². The summed E-state index contributed by atoms with van der Waals surface area (Å²) in [5, 5.41) is 14.8. The number of nitriles is 1. The first kappa shape index (κ1) is 28.4. The molecule has 3 rings (SSSR count). The lowest BCUT2D eigenvalue weighted by Crippen LogP contribution is -2.44. The molecule has 0 spiro atoms. The minimum absolute atomic E-state index is 0.128. The molecule has 0 aliphatic carbocycles. The molecule has 0 unspecified atom stereocenters. The van der Waals surface area contributed by atoms with E-state index in [1.807, 2.05) is 32.9 Å². The zero-order valence-corrected chi connectivity index (χ0v) is 23.3. The Balaban J connectivity index is 1.83. The van der Waals surface area contributed by atoms with Crippen LogP contribution in [0.2, 0.25) is 0 Å². The second-order valence-electron chi connectivity index (χ2n) is 9.73. The van der Waals surface area contributed by atoms with E-state index in [-0.39, 0.29) is 11.5 Å². The van der Waals surface area contributed by atoms with Crippen LogP contribution in [0.3, 0.4) is 0 Å². The second kappa shape index (κ2) is 12.9. The van der Waals surface area contributed by atoms with Gasteiger partial charge in [-0.15, -0.1) is 11.3 Å². The standard InChI is InChI=1S/C30H37N3O3S/c1-7-25(33-13-16-36-17-14-33)19-23-8-9-24(18-21(23)2)28-11-10-27(37-28)22(3)26(20-31)29(34)32-30(4,5)12-15-35-6/h7-11,18-19H,2,12-17H2,1,3-6H3,(H,32,34)/b23-19-,25-7?,26-22+. The predicted octanol–water partition coefficient (Wildman–Crippen LogP) is 4.07. The van der Waals surface area contributed by atoms with Gasteiger partial charge >= 0.3 is 0 Å². The molecule has 196 valence electrons. The number of thiophene rings is 1. The molecule has 37 heavy (non-hydrogen) atoms. The van der Waals surface area contributed by atoms with Gasteiger partial charge in [0, 0.05) is 47.8 Å². The average Bonchev–Trinajstić information content (AvgIpc) is 3.38. The molecule has 0 radical (unpaired) electrons. The van der Waals surface area contributed by atoms with Gasteiger partial charge in [-0.05, 0) is 80.0 Å². The smallest absolute Gasteiger partial charge is 0.262 e. The maximum atomic E-state index is 12.9. The highest BCUT2D eigenvalue weighted by Gasteiger charge is 2.24. The first-order chi connectivity index (χ1) is 17.7. The number of rotatable bonds is 9. The number of methoxy groups -OCH3 is 1. The highest BCUT2D eigenvalue weighted by Crippen LogP contribution is 2.32. The molecule has 1 aliphatic heterocycles. The Morgan fingerprint density at radius 3 is 2.65 bits per heavy atom. The van der Waals surface area contributed by atoms with Gasteiger partial charge < -0.3 is 19.7 Å². The summed E-state index contributed by atoms with van der Waals surface area (Å²) in [6.07, 6.45) is 4.95. The Bertz CT molecular complexity index is 1320. The summed E-state index contributed by atoms with van der Waals surface area (Å²) < 4.78 is 10.6. The summed E-state index contributed by atoms with van der Waals surface area (Å²) in [6, 6.07) is 12.4. The molecule has 1 N–H and O–H groups in total. The average molecular weight is 520 g/mol. The lowest BCUT2D eigenvalue weighted by Gasteiger charge is -2.29. The van der Waals surface area contributed by atoms with E-state index in [0.717, 1.165) is 52.1 Å². The number of hydrogen-bond donors (Lipinski definition) is 1. The highest BCUT2D eigenvalue weighted by molar-refractivity contribution is 7.16. The van der Waals surface area contributed by atoms with Gasteiger partial charge in [0.2, 0.25) is 0 Å². The minimum Gasteiger partial charge on any atom is -0.385 e. The number of allylic oxidation sites excluding steroid dienone is 3. The molecule has 1 amide bonds. The first-order valence-electron chi connectivity index (χ1n) is 12.5. The van der Waals surface area contributed by atoms with Crippen molar-refractivity contribution in [3.05, 3.63) is 63.0 Å². The van der Waals surface area contributed by atoms with Gasteiger partial charge in [0.25, 0.3) is 5.91 Å². The number of nitrogens with one attached hydrogen (secondary N) is 1. The van der Waals surface area contributed by atoms with Crippen LogP contribution in [0.1, 0.15) is 39.0 Å². The second-order valence-corrected chi connectivity index (χ2v) is 10.8. The number of morpholine rings is 1. The highest BCUT2D eigenvalue weighted by atomic mass is 32.1. The Kier molecular flexibility index (Phi) is 9.87. The Hall–Kier alpha value is -3.18. The fourth-order valence-electron chi connectivity index (χ4n) is 4.15. The molecule has 7 heteroatoms. The van der Waals surface area contributed by atoms with Crippen LogP contribution < -0.4 is 15.8 Å². The van der Waals surface area contributed by atoms with E-state index in [2.05, 4.69) is 60.1 Å². The summed E-state index contributed by atoms with van der Waals surface area (Å²) in [5.74, 6) is -0.365. The monoisotopic (exact) mass is 519 g/mol. The van der Waals surface area contributed by atoms with Crippen LogP contribution in [0.15, 0.2) is 47.7 Å². The van der Waals surface area contributed by atoms with Crippen molar-refractivity contribution in [1.29, 1.82) is 5.26 Å². The molecular weight excluding hydrogens is 482 g/mol. The maximum absolute atomic E-state index is 12.9. The summed E-state index contributed by atoms with van der Waals surface area (Å²) in [5.41, 5.74) is 2.55. The summed E-state index contributed by atoms with van der Waals surface area (Å²) in [7, 11) is 1.63. The van der Waals surface area contributed by atoms with Crippen LogP contribution in [0, 0.1) is 11.3 Å². The minimum atomic E-state index is -0.478. The zero-order chi connectivity index (χ0) is 27.0. The number of benzene rings is 1. The molecular formula is C30H37N3O3S. The van der Waals surface area contributed by atoms with Crippen LogP contribution in [-0.4, -0.2) is 56.4 Å². The normalized spacial score (nSPS) is 15.8. The van der Waals surface area contributed by atoms with Crippen molar-refractivity contribution < 1.29 is 14.3 Å². The van der Waals surface area contributed by atoms with Crippen LogP contribution in [-0.2, 0) is 14.3 Å². The molecule has 1 saturated heterocycles. The van der Waals surface area contributed by atoms with Crippen LogP contribution in [0.5, 0.6) is 0 Å². The van der Waals surface area contributed by atoms with Crippen molar-refractivity contribution in [1.82, 2.24) is 10.2 Å². The van der Waals surface area contributed by atoms with Crippen molar-refractivity contribution in [3.63, 3.8) is 0 Å². The molecule has 1 aliphatic rings. The Morgan fingerprint density at radius 1 is 1.30 bits per heavy atom. The van der Waals surface area contributed by atoms with Crippen molar-refractivity contribution >= 4 is 35.5 Å². The summed E-state index contributed by atoms with van der Waals surface area (Å²) in [6.45, 7) is 15.8. The van der Waals surface area contributed by atoms with Gasteiger partial charge in [-0.3, -0.25) is 4.79 Å². The van der Waals surface area contributed by atoms with E-state index in [9.17, 15) is 10.1 Å². The fourth-order valence-corrected chi connectivity index (χ4v) is 5.16. The molecule has 6 nitrogen and oxygen atoms in total. The number of hydrogen-bond acceptors (Lipinski definition) is 6. The van der Waals surface area contributed by atoms with Gasteiger partial charge in [0.1, 0.15) is 11.6 Å². The molecule has 1 aromatic carbocycles. The van der Waals surface area contributed by atoms with Crippen LogP contribution in [0.4, 0.5) is 0 Å². The SMILES string of the molecule is C=c1cc(-c2ccc(/C(C)=C(\C#N)C(=O)NC(C)(C)CCOC)s2)cc/c1=C/C(=CC)N1CCOCC1. The Morgan fingerprint density at radius 2 is 2.03 bits per heavy atom. The van der Waals surface area contributed by atoms with E-state index >= 15 is 0 Å². The van der Waals surface area contributed by atoms with E-state index in [1.54, 1.807) is 18.4 Å². The third-order valence-corrected chi connectivity index (χ3v) is 7.73. The van der Waals surface area contributed by atoms with E-state index in [1.165, 1.54) is 5.70 Å². The largest absolute Gasteiger partial charge is 0.385 e. The van der Waals surface area contributed by atoms with E-state index < -0.39 is 5.54 Å². The van der Waals surface area contributed by atoms with Crippen molar-refractivity contribution in [2.45, 2.75) is 39.7 Å². The molecule has 0 saturated carbocycles. The Labute approximate surface area is 224 Å². The fraction of sp³-hybridized carbons (Fsp3) is 0.400. The zero-order valence-electron chi connectivity index (χ0n) is 22.5. The molecule has 0 atom stereocenters. The molecule has 0 bridgehead atoms. The lowest BCUT2D eigenvalue weighted by atomic mass is 9.99. The quantitative estimate of drug-likeness (QED) is 0.399.